The van der Waals surface area contributed by atoms with Crippen LogP contribution in [0.5, 0.6) is 0 Å². The quantitative estimate of drug-likeness (QED) is 0.813. The summed E-state index contributed by atoms with van der Waals surface area (Å²) in [7, 11) is -3.18. The number of likely N-dealkylation sites (tertiary alicyclic amines) is 1. The van der Waals surface area contributed by atoms with Crippen molar-refractivity contribution in [2.24, 2.45) is 5.41 Å². The number of nitrogens with zero attached hydrogens (tertiary/aromatic N) is 1. The average Bonchev–Trinajstić information content (AvgIpc) is 2.81. The van der Waals surface area contributed by atoms with E-state index in [2.05, 4.69) is 0 Å². The van der Waals surface area contributed by atoms with Gasteiger partial charge in [-0.15, -0.1) is 0 Å². The molecule has 0 bridgehead atoms. The SMILES string of the molecule is O=C(N1CCCC2(CCS(=O)(=O)C2)C1)C(F)(F)c1ccccc1F. The van der Waals surface area contributed by atoms with Gasteiger partial charge in [-0.3, -0.25) is 4.79 Å². The molecule has 2 fully saturated rings. The van der Waals surface area contributed by atoms with Gasteiger partial charge < -0.3 is 4.90 Å². The van der Waals surface area contributed by atoms with E-state index in [1.807, 2.05) is 0 Å². The van der Waals surface area contributed by atoms with Gasteiger partial charge in [-0.1, -0.05) is 12.1 Å². The summed E-state index contributed by atoms with van der Waals surface area (Å²) in [5.74, 6) is -6.61. The molecule has 4 nitrogen and oxygen atoms in total. The van der Waals surface area contributed by atoms with E-state index in [-0.39, 0.29) is 24.6 Å². The third kappa shape index (κ3) is 3.03. The van der Waals surface area contributed by atoms with E-state index in [0.29, 0.717) is 19.3 Å². The number of benzene rings is 1. The van der Waals surface area contributed by atoms with Crippen molar-refractivity contribution in [3.8, 4) is 0 Å². The number of carbonyl (C=O) groups excluding carboxylic acids is 1. The molecule has 3 rings (SSSR count). The highest BCUT2D eigenvalue weighted by molar-refractivity contribution is 7.91. The fourth-order valence-corrected chi connectivity index (χ4v) is 5.92. The van der Waals surface area contributed by atoms with Crippen LogP contribution in [0.15, 0.2) is 24.3 Å². The maximum absolute atomic E-state index is 14.5. The van der Waals surface area contributed by atoms with Crippen LogP contribution < -0.4 is 0 Å². The standard InChI is InChI=1S/C16H18F3NO3S/c17-13-5-2-1-4-12(13)16(18,19)14(21)20-8-3-6-15(10-20)7-9-24(22,23)11-15/h1-2,4-5H,3,6-11H2. The normalized spacial score (nSPS) is 26.7. The highest BCUT2D eigenvalue weighted by Gasteiger charge is 2.51. The predicted molar refractivity (Wildman–Crippen MR) is 81.8 cm³/mol. The van der Waals surface area contributed by atoms with Crippen LogP contribution in [0, 0.1) is 11.2 Å². The van der Waals surface area contributed by atoms with Gasteiger partial charge in [-0.2, -0.15) is 8.78 Å². The minimum absolute atomic E-state index is 0.0187. The molecule has 0 aromatic heterocycles. The van der Waals surface area contributed by atoms with Gasteiger partial charge in [0.1, 0.15) is 5.82 Å². The third-order valence-corrected chi connectivity index (χ3v) is 6.78. The van der Waals surface area contributed by atoms with Crippen molar-refractivity contribution < 1.29 is 26.4 Å². The number of rotatable bonds is 2. The minimum atomic E-state index is -3.97. The highest BCUT2D eigenvalue weighted by atomic mass is 32.2. The fourth-order valence-electron chi connectivity index (χ4n) is 3.72. The van der Waals surface area contributed by atoms with Crippen molar-refractivity contribution in [1.29, 1.82) is 0 Å². The second kappa shape index (κ2) is 5.75. The van der Waals surface area contributed by atoms with Crippen LogP contribution in [0.2, 0.25) is 0 Å². The smallest absolute Gasteiger partial charge is 0.337 e. The van der Waals surface area contributed by atoms with Crippen LogP contribution in [-0.4, -0.2) is 43.8 Å². The zero-order chi connectivity index (χ0) is 17.6. The summed E-state index contributed by atoms with van der Waals surface area (Å²) in [5.41, 5.74) is -1.59. The molecule has 1 aromatic carbocycles. The van der Waals surface area contributed by atoms with Crippen LogP contribution in [0.3, 0.4) is 0 Å². The van der Waals surface area contributed by atoms with Gasteiger partial charge in [0.2, 0.25) is 0 Å². The average molecular weight is 361 g/mol. The summed E-state index contributed by atoms with van der Waals surface area (Å²) >= 11 is 0. The van der Waals surface area contributed by atoms with E-state index in [1.54, 1.807) is 0 Å². The number of sulfone groups is 1. The molecule has 1 spiro atoms. The van der Waals surface area contributed by atoms with Gasteiger partial charge in [0.05, 0.1) is 17.1 Å². The Morgan fingerprint density at radius 3 is 2.54 bits per heavy atom. The Balaban J connectivity index is 1.83. The van der Waals surface area contributed by atoms with Crippen LogP contribution in [0.25, 0.3) is 0 Å². The van der Waals surface area contributed by atoms with Crippen LogP contribution >= 0.6 is 0 Å². The molecule has 0 N–H and O–H groups in total. The molecule has 132 valence electrons. The van der Waals surface area contributed by atoms with Crippen molar-refractivity contribution in [1.82, 2.24) is 4.90 Å². The molecule has 2 aliphatic rings. The molecule has 1 unspecified atom stereocenters. The Hall–Kier alpha value is -1.57. The molecule has 0 saturated carbocycles. The molecular weight excluding hydrogens is 343 g/mol. The zero-order valence-corrected chi connectivity index (χ0v) is 13.8. The summed E-state index contributed by atoms with van der Waals surface area (Å²) in [6, 6.07) is 4.31. The molecule has 0 radical (unpaired) electrons. The number of hydrogen-bond acceptors (Lipinski definition) is 3. The molecule has 8 heteroatoms. The van der Waals surface area contributed by atoms with E-state index in [4.69, 9.17) is 0 Å². The van der Waals surface area contributed by atoms with E-state index in [1.165, 1.54) is 12.1 Å². The summed E-state index contributed by atoms with van der Waals surface area (Å²) < 4.78 is 66.1. The first-order valence-corrected chi connectivity index (χ1v) is 9.60. The molecule has 2 heterocycles. The van der Waals surface area contributed by atoms with Gasteiger partial charge in [-0.05, 0) is 31.4 Å². The second-order valence-electron chi connectivity index (χ2n) is 6.73. The summed E-state index contributed by atoms with van der Waals surface area (Å²) in [5, 5.41) is 0. The number of amides is 1. The molecule has 2 aliphatic heterocycles. The lowest BCUT2D eigenvalue weighted by atomic mass is 9.79. The Morgan fingerprint density at radius 2 is 1.92 bits per heavy atom. The third-order valence-electron chi connectivity index (χ3n) is 4.90. The molecule has 2 saturated heterocycles. The Kier molecular flexibility index (Phi) is 4.14. The van der Waals surface area contributed by atoms with Gasteiger partial charge in [-0.25, -0.2) is 12.8 Å². The van der Waals surface area contributed by atoms with Crippen molar-refractivity contribution in [3.63, 3.8) is 0 Å². The van der Waals surface area contributed by atoms with Crippen molar-refractivity contribution >= 4 is 15.7 Å². The molecule has 1 amide bonds. The Morgan fingerprint density at radius 1 is 1.21 bits per heavy atom. The summed E-state index contributed by atoms with van der Waals surface area (Å²) in [6.45, 7) is 0.111. The lowest BCUT2D eigenvalue weighted by Gasteiger charge is -2.40. The first-order chi connectivity index (χ1) is 11.2. The highest BCUT2D eigenvalue weighted by Crippen LogP contribution is 2.42. The van der Waals surface area contributed by atoms with Crippen molar-refractivity contribution in [3.05, 3.63) is 35.6 Å². The molecular formula is C16H18F3NO3S. The van der Waals surface area contributed by atoms with Gasteiger partial charge in [0, 0.05) is 18.5 Å². The zero-order valence-electron chi connectivity index (χ0n) is 13.0. The van der Waals surface area contributed by atoms with E-state index in [9.17, 15) is 26.4 Å². The minimum Gasteiger partial charge on any atom is -0.337 e. The second-order valence-corrected chi connectivity index (χ2v) is 8.91. The van der Waals surface area contributed by atoms with Crippen LogP contribution in [0.1, 0.15) is 24.8 Å². The number of halogens is 3. The topological polar surface area (TPSA) is 54.5 Å². The maximum atomic E-state index is 14.5. The summed E-state index contributed by atoms with van der Waals surface area (Å²) in [4.78, 5) is 13.3. The van der Waals surface area contributed by atoms with Gasteiger partial charge in [0.25, 0.3) is 5.91 Å². The number of alkyl halides is 2. The van der Waals surface area contributed by atoms with Crippen LogP contribution in [0.4, 0.5) is 13.2 Å². The summed E-state index contributed by atoms with van der Waals surface area (Å²) in [6.07, 6.45) is 1.44. The lowest BCUT2D eigenvalue weighted by Crippen LogP contribution is -2.51. The molecule has 1 atom stereocenters. The number of carbonyl (C=O) groups is 1. The predicted octanol–water partition coefficient (Wildman–Crippen LogP) is 2.34. The Bertz CT molecular complexity index is 766. The van der Waals surface area contributed by atoms with Crippen molar-refractivity contribution in [2.75, 3.05) is 24.6 Å². The number of hydrogen-bond donors (Lipinski definition) is 0. The fraction of sp³-hybridized carbons (Fsp3) is 0.562. The van der Waals surface area contributed by atoms with E-state index < -0.39 is 38.5 Å². The molecule has 24 heavy (non-hydrogen) atoms. The lowest BCUT2D eigenvalue weighted by molar-refractivity contribution is -0.162. The van der Waals surface area contributed by atoms with Gasteiger partial charge >= 0.3 is 5.92 Å². The largest absolute Gasteiger partial charge is 0.352 e. The van der Waals surface area contributed by atoms with Crippen LogP contribution in [-0.2, 0) is 20.6 Å². The Labute approximate surface area is 138 Å². The monoisotopic (exact) mass is 361 g/mol. The van der Waals surface area contributed by atoms with Gasteiger partial charge in [0.15, 0.2) is 9.84 Å². The first kappa shape index (κ1) is 17.3. The van der Waals surface area contributed by atoms with Crippen molar-refractivity contribution in [2.45, 2.75) is 25.2 Å². The molecule has 0 aliphatic carbocycles. The number of piperidine rings is 1. The maximum Gasteiger partial charge on any atom is 0.352 e. The van der Waals surface area contributed by atoms with E-state index >= 15 is 0 Å². The first-order valence-electron chi connectivity index (χ1n) is 7.78. The van der Waals surface area contributed by atoms with E-state index in [0.717, 1.165) is 17.0 Å². The molecule has 1 aromatic rings.